The van der Waals surface area contributed by atoms with Gasteiger partial charge in [0.15, 0.2) is 0 Å². The van der Waals surface area contributed by atoms with Gasteiger partial charge in [0, 0.05) is 13.1 Å². The van der Waals surface area contributed by atoms with Gasteiger partial charge in [-0.05, 0) is 24.6 Å². The van der Waals surface area contributed by atoms with Crippen LogP contribution in [0.2, 0.25) is 0 Å². The summed E-state index contributed by atoms with van der Waals surface area (Å²) in [6, 6.07) is 13.3. The molecule has 31 heavy (non-hydrogen) atoms. The van der Waals surface area contributed by atoms with Crippen LogP contribution >= 0.6 is 0 Å². The zero-order chi connectivity index (χ0) is 23.0. The molecule has 168 valence electrons. The highest BCUT2D eigenvalue weighted by atomic mass is 32.2. The van der Waals surface area contributed by atoms with Crippen LogP contribution < -0.4 is 0 Å². The van der Waals surface area contributed by atoms with Crippen molar-refractivity contribution in [2.24, 2.45) is 0 Å². The number of carbonyl (C=O) groups is 2. The smallest absolute Gasteiger partial charge is 0.321 e. The van der Waals surface area contributed by atoms with Crippen LogP contribution in [0, 0.1) is 6.92 Å². The summed E-state index contributed by atoms with van der Waals surface area (Å²) in [5.41, 5.74) is 1.58. The summed E-state index contributed by atoms with van der Waals surface area (Å²) in [6.45, 7) is 0.939. The van der Waals surface area contributed by atoms with Crippen molar-refractivity contribution in [2.45, 2.75) is 36.9 Å². The van der Waals surface area contributed by atoms with E-state index in [4.69, 9.17) is 9.29 Å². The van der Waals surface area contributed by atoms with Crippen molar-refractivity contribution in [3.63, 3.8) is 0 Å². The minimum Gasteiger partial charge on any atom is -0.481 e. The Morgan fingerprint density at radius 1 is 1.03 bits per heavy atom. The van der Waals surface area contributed by atoms with Crippen LogP contribution in [0.3, 0.4) is 0 Å². The van der Waals surface area contributed by atoms with E-state index in [-0.39, 0.29) is 18.0 Å². The number of nitrogens with zero attached hydrogens (tertiary/aromatic N) is 1. The average Bonchev–Trinajstić information content (AvgIpc) is 2.71. The number of hydrogen-bond donors (Lipinski definition) is 3. The molecule has 0 aliphatic heterocycles. The second-order valence-corrected chi connectivity index (χ2v) is 8.69. The molecule has 0 radical (unpaired) electrons. The lowest BCUT2D eigenvalue weighted by Crippen LogP contribution is -2.46. The number of carboxylic acids is 2. The molecule has 10 heteroatoms. The molecule has 0 aliphatic carbocycles. The molecule has 3 N–H and O–H groups in total. The zero-order valence-electron chi connectivity index (χ0n) is 16.9. The monoisotopic (exact) mass is 451 g/mol. The number of benzene rings is 2. The Morgan fingerprint density at radius 3 is 2.19 bits per heavy atom. The minimum atomic E-state index is -4.11. The maximum absolute atomic E-state index is 12.3. The maximum atomic E-state index is 12.3. The second-order valence-electron chi connectivity index (χ2n) is 7.07. The highest BCUT2D eigenvalue weighted by Gasteiger charge is 2.30. The predicted molar refractivity (Wildman–Crippen MR) is 111 cm³/mol. The first kappa shape index (κ1) is 24.5. The lowest BCUT2D eigenvalue weighted by Gasteiger charge is -2.29. The molecule has 0 saturated carbocycles. The van der Waals surface area contributed by atoms with Crippen molar-refractivity contribution in [3.8, 4) is 0 Å². The van der Waals surface area contributed by atoms with Crippen LogP contribution in [0.4, 0.5) is 0 Å². The van der Waals surface area contributed by atoms with Crippen LogP contribution in [0.25, 0.3) is 0 Å². The van der Waals surface area contributed by atoms with Gasteiger partial charge in [0.2, 0.25) is 0 Å². The Balaban J connectivity index is 2.11. The van der Waals surface area contributed by atoms with Gasteiger partial charge >= 0.3 is 11.9 Å². The molecule has 9 nitrogen and oxygen atoms in total. The van der Waals surface area contributed by atoms with Gasteiger partial charge in [0.25, 0.3) is 10.1 Å². The van der Waals surface area contributed by atoms with Crippen molar-refractivity contribution in [3.05, 3.63) is 65.7 Å². The molecule has 2 atom stereocenters. The molecule has 0 unspecified atom stereocenters. The van der Waals surface area contributed by atoms with Gasteiger partial charge in [-0.1, -0.05) is 48.0 Å². The Morgan fingerprint density at radius 2 is 1.65 bits per heavy atom. The Labute approximate surface area is 180 Å². The molecule has 0 heterocycles. The van der Waals surface area contributed by atoms with E-state index in [0.29, 0.717) is 5.56 Å². The fraction of sp³-hybridized carbons (Fsp3) is 0.333. The third-order valence-electron chi connectivity index (χ3n) is 4.49. The first-order valence-electron chi connectivity index (χ1n) is 9.45. The van der Waals surface area contributed by atoms with Crippen LogP contribution in [0.15, 0.2) is 59.5 Å². The van der Waals surface area contributed by atoms with Gasteiger partial charge in [-0.25, -0.2) is 0 Å². The molecule has 0 aromatic heterocycles. The summed E-state index contributed by atoms with van der Waals surface area (Å²) in [6.07, 6.45) is -2.06. The van der Waals surface area contributed by atoms with Gasteiger partial charge in [-0.2, -0.15) is 8.42 Å². The molecular weight excluding hydrogens is 426 g/mol. The first-order chi connectivity index (χ1) is 14.6. The molecule has 0 saturated heterocycles. The van der Waals surface area contributed by atoms with E-state index >= 15 is 0 Å². The fourth-order valence-electron chi connectivity index (χ4n) is 2.92. The van der Waals surface area contributed by atoms with E-state index in [1.54, 1.807) is 49.4 Å². The third kappa shape index (κ3) is 7.76. The molecular formula is C21H25NO8S. The predicted octanol–water partition coefficient (Wildman–Crippen LogP) is 1.49. The standard InChI is InChI=1S/C21H25NO8S/c1-15-7-9-18(10-8-15)31(28,29)30-14-17(23)13-22(12-16-5-3-2-4-6-16)19(21(26)27)11-20(24)25/h2-10,17,19,23H,11-14H2,1H3,(H,24,25)(H,26,27)/t17-,19+/m1/s1. The van der Waals surface area contributed by atoms with E-state index in [1.165, 1.54) is 17.0 Å². The molecule has 0 spiro atoms. The zero-order valence-corrected chi connectivity index (χ0v) is 17.7. The molecule has 0 bridgehead atoms. The number of aliphatic carboxylic acids is 2. The van der Waals surface area contributed by atoms with Gasteiger partial charge in [-0.3, -0.25) is 18.7 Å². The molecule has 0 amide bonds. The number of carboxylic acid groups (broad SMARTS) is 2. The summed E-state index contributed by atoms with van der Waals surface area (Å²) in [5.74, 6) is -2.67. The van der Waals surface area contributed by atoms with Crippen molar-refractivity contribution >= 4 is 22.1 Å². The van der Waals surface area contributed by atoms with Gasteiger partial charge in [0.1, 0.15) is 6.04 Å². The van der Waals surface area contributed by atoms with Gasteiger partial charge in [-0.15, -0.1) is 0 Å². The average molecular weight is 451 g/mol. The maximum Gasteiger partial charge on any atom is 0.321 e. The molecule has 2 aromatic carbocycles. The summed E-state index contributed by atoms with van der Waals surface area (Å²) in [4.78, 5) is 24.0. The van der Waals surface area contributed by atoms with Gasteiger partial charge in [0.05, 0.1) is 24.0 Å². The summed E-state index contributed by atoms with van der Waals surface area (Å²) in [5, 5.41) is 28.9. The van der Waals surface area contributed by atoms with E-state index in [9.17, 15) is 28.2 Å². The number of aliphatic hydroxyl groups is 1. The van der Waals surface area contributed by atoms with E-state index < -0.39 is 47.2 Å². The quantitative estimate of drug-likeness (QED) is 0.409. The second kappa shape index (κ2) is 11.0. The van der Waals surface area contributed by atoms with Crippen LogP contribution in [0.5, 0.6) is 0 Å². The van der Waals surface area contributed by atoms with Crippen LogP contribution in [0.1, 0.15) is 17.5 Å². The highest BCUT2D eigenvalue weighted by Crippen LogP contribution is 2.16. The van der Waals surface area contributed by atoms with Crippen molar-refractivity contribution < 1.29 is 37.5 Å². The van der Waals surface area contributed by atoms with Crippen molar-refractivity contribution in [2.75, 3.05) is 13.2 Å². The third-order valence-corrected chi connectivity index (χ3v) is 5.79. The number of aliphatic hydroxyl groups excluding tert-OH is 1. The Kier molecular flexibility index (Phi) is 8.69. The normalized spacial score (nSPS) is 13.6. The SMILES string of the molecule is Cc1ccc(S(=O)(=O)OC[C@H](O)CN(Cc2ccccc2)[C@@H](CC(=O)O)C(=O)O)cc1. The molecule has 0 fully saturated rings. The molecule has 0 aliphatic rings. The Bertz CT molecular complexity index is 976. The Hall–Kier alpha value is -2.79. The summed E-state index contributed by atoms with van der Waals surface area (Å²) in [7, 11) is -4.11. The van der Waals surface area contributed by atoms with Crippen molar-refractivity contribution in [1.29, 1.82) is 0 Å². The summed E-state index contributed by atoms with van der Waals surface area (Å²) < 4.78 is 29.5. The lowest BCUT2D eigenvalue weighted by atomic mass is 10.1. The van der Waals surface area contributed by atoms with Crippen LogP contribution in [-0.2, 0) is 30.4 Å². The first-order valence-corrected chi connectivity index (χ1v) is 10.9. The minimum absolute atomic E-state index is 0.0485. The number of aryl methyl sites for hydroxylation is 1. The summed E-state index contributed by atoms with van der Waals surface area (Å²) >= 11 is 0. The van der Waals surface area contributed by atoms with Crippen molar-refractivity contribution in [1.82, 2.24) is 4.90 Å². The van der Waals surface area contributed by atoms with Gasteiger partial charge < -0.3 is 15.3 Å². The van der Waals surface area contributed by atoms with Crippen LogP contribution in [-0.4, -0.2) is 65.9 Å². The number of hydrogen-bond acceptors (Lipinski definition) is 7. The fourth-order valence-corrected chi connectivity index (χ4v) is 3.86. The topological polar surface area (TPSA) is 141 Å². The van der Waals surface area contributed by atoms with E-state index in [2.05, 4.69) is 0 Å². The highest BCUT2D eigenvalue weighted by molar-refractivity contribution is 7.86. The van der Waals surface area contributed by atoms with E-state index in [0.717, 1.165) is 5.56 Å². The largest absolute Gasteiger partial charge is 0.481 e. The number of rotatable bonds is 12. The molecule has 2 aromatic rings. The molecule has 2 rings (SSSR count). The lowest BCUT2D eigenvalue weighted by molar-refractivity contribution is -0.150. The van der Waals surface area contributed by atoms with E-state index in [1.807, 2.05) is 0 Å².